The molecular weight excluding hydrogens is 991 g/mol. The number of aryl methyl sites for hydroxylation is 1. The number of ether oxygens (including phenoxy) is 4. The van der Waals surface area contributed by atoms with Crippen molar-refractivity contribution in [2.24, 2.45) is 0 Å². The Morgan fingerprint density at radius 3 is 1.58 bits per heavy atom. The van der Waals surface area contributed by atoms with Crippen molar-refractivity contribution < 1.29 is 45.4 Å². The van der Waals surface area contributed by atoms with Crippen LogP contribution in [-0.4, -0.2) is 133 Å². The normalized spacial score (nSPS) is 16.2. The van der Waals surface area contributed by atoms with E-state index in [1.807, 2.05) is 30.3 Å². The van der Waals surface area contributed by atoms with E-state index < -0.39 is 20.0 Å². The van der Waals surface area contributed by atoms with E-state index in [0.29, 0.717) is 28.2 Å². The Kier molecular flexibility index (Phi) is 21.1. The summed E-state index contributed by atoms with van der Waals surface area (Å²) in [5.74, 6) is -0.515. The first-order valence-corrected chi connectivity index (χ1v) is 26.9. The fourth-order valence-corrected chi connectivity index (χ4v) is 11.1. The van der Waals surface area contributed by atoms with Gasteiger partial charge in [0.05, 0.1) is 62.6 Å². The third-order valence-electron chi connectivity index (χ3n) is 11.7. The number of rotatable bonds is 27. The van der Waals surface area contributed by atoms with Crippen molar-refractivity contribution >= 4 is 66.7 Å². The van der Waals surface area contributed by atoms with E-state index >= 15 is 0 Å². The highest BCUT2D eigenvalue weighted by molar-refractivity contribution is 7.89. The molecule has 21 heteroatoms. The van der Waals surface area contributed by atoms with Crippen LogP contribution in [0.4, 0.5) is 0 Å². The SMILES string of the molecule is Cc1cc(Cl)cc2c1CN(C)C[C@H]2c1ccc(S(=O)(=O)NCCOCCOCCNC(=O)CCC(=O)NCCOCCOCCNS(=O)(=O)c2ccc([C@@H]3CNCc4c(Cl)cc(Cl)cc43)cc2)cc1. The lowest BCUT2D eigenvalue weighted by Gasteiger charge is -2.34. The van der Waals surface area contributed by atoms with Gasteiger partial charge in [0.15, 0.2) is 0 Å². The molecule has 2 amide bonds. The van der Waals surface area contributed by atoms with Gasteiger partial charge in [0.25, 0.3) is 0 Å². The zero-order valence-corrected chi connectivity index (χ0v) is 42.7. The van der Waals surface area contributed by atoms with E-state index in [1.54, 1.807) is 42.5 Å². The van der Waals surface area contributed by atoms with Gasteiger partial charge in [0.2, 0.25) is 31.9 Å². The highest BCUT2D eigenvalue weighted by atomic mass is 35.5. The number of fused-ring (bicyclic) bond motifs is 2. The van der Waals surface area contributed by atoms with Gasteiger partial charge in [0, 0.05) is 92.1 Å². The Morgan fingerprint density at radius 1 is 0.623 bits per heavy atom. The third-order valence-corrected chi connectivity index (χ3v) is 15.4. The van der Waals surface area contributed by atoms with Gasteiger partial charge < -0.3 is 39.8 Å². The lowest BCUT2D eigenvalue weighted by molar-refractivity contribution is -0.126. The molecule has 0 saturated carbocycles. The topological polar surface area (TPSA) is 203 Å². The van der Waals surface area contributed by atoms with Crippen molar-refractivity contribution in [2.45, 2.75) is 54.5 Å². The second kappa shape index (κ2) is 26.6. The molecule has 5 N–H and O–H groups in total. The number of hydrogen-bond acceptors (Lipinski definition) is 12. The zero-order chi connectivity index (χ0) is 49.4. The first kappa shape index (κ1) is 54.6. The van der Waals surface area contributed by atoms with Crippen molar-refractivity contribution in [3.63, 3.8) is 0 Å². The quantitative estimate of drug-likeness (QED) is 0.0496. The van der Waals surface area contributed by atoms with E-state index in [-0.39, 0.29) is 125 Å². The maximum absolute atomic E-state index is 12.9. The van der Waals surface area contributed by atoms with Crippen molar-refractivity contribution in [2.75, 3.05) is 99.2 Å². The Balaban J connectivity index is 0.723. The highest BCUT2D eigenvalue weighted by Crippen LogP contribution is 2.38. The zero-order valence-electron chi connectivity index (χ0n) is 38.8. The third kappa shape index (κ3) is 16.4. The maximum Gasteiger partial charge on any atom is 0.240 e. The summed E-state index contributed by atoms with van der Waals surface area (Å²) in [5.41, 5.74) is 7.56. The molecule has 376 valence electrons. The van der Waals surface area contributed by atoms with Gasteiger partial charge in [-0.25, -0.2) is 26.3 Å². The second-order valence-electron chi connectivity index (χ2n) is 16.8. The molecule has 6 rings (SSSR count). The molecule has 2 aliphatic rings. The Labute approximate surface area is 420 Å². The number of benzene rings is 4. The van der Waals surface area contributed by atoms with Gasteiger partial charge in [-0.3, -0.25) is 9.59 Å². The number of nitrogens with zero attached hydrogens (tertiary/aromatic N) is 1. The first-order chi connectivity index (χ1) is 33.1. The Morgan fingerprint density at radius 2 is 1.07 bits per heavy atom. The maximum atomic E-state index is 12.9. The van der Waals surface area contributed by atoms with Crippen molar-refractivity contribution in [3.8, 4) is 0 Å². The fourth-order valence-electron chi connectivity index (χ4n) is 8.22. The van der Waals surface area contributed by atoms with Crippen LogP contribution in [0, 0.1) is 6.92 Å². The van der Waals surface area contributed by atoms with Gasteiger partial charge in [-0.1, -0.05) is 59.1 Å². The minimum Gasteiger partial charge on any atom is -0.378 e. The van der Waals surface area contributed by atoms with Crippen LogP contribution in [0.5, 0.6) is 0 Å². The number of carbonyl (C=O) groups excluding carboxylic acids is 2. The van der Waals surface area contributed by atoms with E-state index in [9.17, 15) is 26.4 Å². The van der Waals surface area contributed by atoms with E-state index in [4.69, 9.17) is 53.8 Å². The fraction of sp³-hybridized carbons (Fsp3) is 0.458. The summed E-state index contributed by atoms with van der Waals surface area (Å²) in [6, 6.07) is 21.3. The summed E-state index contributed by atoms with van der Waals surface area (Å²) >= 11 is 19.1. The largest absolute Gasteiger partial charge is 0.378 e. The number of halogens is 3. The number of nitrogens with one attached hydrogen (secondary N) is 5. The van der Waals surface area contributed by atoms with E-state index in [0.717, 1.165) is 40.9 Å². The molecule has 0 unspecified atom stereocenters. The minimum absolute atomic E-state index is 0.0126. The first-order valence-electron chi connectivity index (χ1n) is 22.8. The summed E-state index contributed by atoms with van der Waals surface area (Å²) in [6.07, 6.45) is 0.0256. The van der Waals surface area contributed by atoms with Crippen LogP contribution in [0.25, 0.3) is 0 Å². The molecule has 4 aromatic rings. The molecular formula is C48H61Cl3N6O10S2. The summed E-state index contributed by atoms with van der Waals surface area (Å²) < 4.78 is 78.6. The van der Waals surface area contributed by atoms with Crippen LogP contribution in [-0.2, 0) is 61.7 Å². The monoisotopic (exact) mass is 1050 g/mol. The lowest BCUT2D eigenvalue weighted by atomic mass is 9.83. The Hall–Kier alpha value is -3.73. The van der Waals surface area contributed by atoms with Gasteiger partial charge in [-0.05, 0) is 101 Å². The van der Waals surface area contributed by atoms with Crippen molar-refractivity contribution in [3.05, 3.63) is 127 Å². The molecule has 0 bridgehead atoms. The summed E-state index contributed by atoms with van der Waals surface area (Å²) in [6.45, 7) is 7.47. The lowest BCUT2D eigenvalue weighted by Crippen LogP contribution is -2.31. The summed E-state index contributed by atoms with van der Waals surface area (Å²) in [7, 11) is -5.40. The second-order valence-corrected chi connectivity index (χ2v) is 21.6. The molecule has 0 radical (unpaired) electrons. The molecule has 4 aromatic carbocycles. The van der Waals surface area contributed by atoms with Crippen molar-refractivity contribution in [1.82, 2.24) is 30.3 Å². The molecule has 16 nitrogen and oxygen atoms in total. The molecule has 69 heavy (non-hydrogen) atoms. The number of likely N-dealkylation sites (N-methyl/N-ethyl adjacent to an activating group) is 1. The van der Waals surface area contributed by atoms with Gasteiger partial charge in [-0.2, -0.15) is 0 Å². The van der Waals surface area contributed by atoms with Gasteiger partial charge >= 0.3 is 0 Å². The number of amides is 2. The Bertz CT molecular complexity index is 2580. The molecule has 0 fully saturated rings. The number of sulfonamides is 2. The van der Waals surface area contributed by atoms with Crippen LogP contribution < -0.4 is 25.4 Å². The van der Waals surface area contributed by atoms with Gasteiger partial charge in [0.1, 0.15) is 0 Å². The molecule has 2 aliphatic heterocycles. The van der Waals surface area contributed by atoms with Crippen LogP contribution in [0.15, 0.2) is 82.6 Å². The highest BCUT2D eigenvalue weighted by Gasteiger charge is 2.28. The predicted molar refractivity (Wildman–Crippen MR) is 266 cm³/mol. The summed E-state index contributed by atoms with van der Waals surface area (Å²) in [5, 5.41) is 10.6. The average molecular weight is 1050 g/mol. The van der Waals surface area contributed by atoms with E-state index in [2.05, 4.69) is 44.3 Å². The summed E-state index contributed by atoms with van der Waals surface area (Å²) in [4.78, 5) is 26.9. The number of hydrogen-bond donors (Lipinski definition) is 5. The van der Waals surface area contributed by atoms with Crippen molar-refractivity contribution in [1.29, 1.82) is 0 Å². The molecule has 0 saturated heterocycles. The van der Waals surface area contributed by atoms with Crippen LogP contribution in [0.3, 0.4) is 0 Å². The van der Waals surface area contributed by atoms with E-state index in [1.165, 1.54) is 11.1 Å². The van der Waals surface area contributed by atoms with Gasteiger partial charge in [-0.15, -0.1) is 0 Å². The molecule has 0 aliphatic carbocycles. The minimum atomic E-state index is -3.75. The van der Waals surface area contributed by atoms with Crippen LogP contribution >= 0.6 is 34.8 Å². The molecule has 2 atom stereocenters. The van der Waals surface area contributed by atoms with Crippen LogP contribution in [0.1, 0.15) is 63.6 Å². The van der Waals surface area contributed by atoms with Crippen LogP contribution in [0.2, 0.25) is 15.1 Å². The molecule has 0 aromatic heterocycles. The smallest absolute Gasteiger partial charge is 0.240 e. The molecule has 0 spiro atoms. The predicted octanol–water partition coefficient (Wildman–Crippen LogP) is 5.10. The standard InChI is InChI=1S/C48H61Cl3N6O10S2/c1-33-25-36(49)26-41-44(33)31-57(2)32-45(41)35-5-9-39(10-6-35)69(62,63)56-16-20-67-24-22-65-18-14-54-48(59)12-11-47(58)53-13-17-64-21-23-66-19-15-55-68(60,61)38-7-3-34(4-8-38)42-29-52-30-43-40(42)27-37(50)28-46(43)51/h3-10,25-28,42,45,52,55-56H,11-24,29-32H2,1-2H3,(H,53,58)(H,54,59)/t42-,45-/m0/s1. The molecule has 2 heterocycles. The number of carbonyl (C=O) groups is 2. The average Bonchev–Trinajstić information content (AvgIpc) is 3.32.